The highest BCUT2D eigenvalue weighted by molar-refractivity contribution is 7.69. The monoisotopic (exact) mass is 1440 g/mol. The fourth-order valence-electron chi connectivity index (χ4n) is 9.14. The largest absolute Gasteiger partial charge is 0.478 e. The third kappa shape index (κ3) is 29.5. The van der Waals surface area contributed by atoms with Crippen LogP contribution in [0.1, 0.15) is 122 Å². The number of nitrogens with zero attached hydrogens (tertiary/aromatic N) is 3. The van der Waals surface area contributed by atoms with Crippen molar-refractivity contribution in [1.82, 2.24) is 19.6 Å². The summed E-state index contributed by atoms with van der Waals surface area (Å²) in [7, 11) is 4.64. The zero-order valence-electron chi connectivity index (χ0n) is 61.2. The molecule has 0 saturated heterocycles. The smallest absolute Gasteiger partial charge is 0.371 e. The summed E-state index contributed by atoms with van der Waals surface area (Å²) in [5.74, 6) is -3.94. The molecular formula is C75H96F6N6O14P+. The molecule has 6 aromatic rings. The molecule has 0 bridgehead atoms. The first-order valence-electron chi connectivity index (χ1n) is 31.5. The number of aromatic carboxylic acids is 1. The Morgan fingerprint density at radius 3 is 1.06 bits per heavy atom. The molecule has 0 aliphatic carbocycles. The van der Waals surface area contributed by atoms with E-state index in [1.54, 1.807) is 13.8 Å². The Morgan fingerprint density at radius 2 is 0.775 bits per heavy atom. The van der Waals surface area contributed by atoms with Crippen LogP contribution in [0.15, 0.2) is 121 Å². The van der Waals surface area contributed by atoms with Crippen molar-refractivity contribution < 1.29 is 92.9 Å². The number of carbonyl (C=O) groups excluding carboxylic acids is 7. The number of carboxylic acids is 1. The summed E-state index contributed by atoms with van der Waals surface area (Å²) in [6, 6.07) is 22.8. The first kappa shape index (κ1) is 92.3. The van der Waals surface area contributed by atoms with Crippen LogP contribution >= 0.6 is 7.60 Å². The van der Waals surface area contributed by atoms with E-state index in [-0.39, 0.29) is 66.6 Å². The van der Waals surface area contributed by atoms with E-state index >= 15 is 0 Å². The van der Waals surface area contributed by atoms with Gasteiger partial charge in [0.15, 0.2) is 0 Å². The van der Waals surface area contributed by atoms with E-state index < -0.39 is 31.2 Å². The van der Waals surface area contributed by atoms with E-state index in [9.17, 15) is 69.3 Å². The molecule has 0 spiro atoms. The highest BCUT2D eigenvalue weighted by Crippen LogP contribution is 2.44. The first-order valence-corrected chi connectivity index (χ1v) is 33.2. The van der Waals surface area contributed by atoms with Gasteiger partial charge in [-0.3, -0.25) is 56.0 Å². The highest BCUT2D eigenvalue weighted by atomic mass is 31.2. The molecule has 6 aromatic carbocycles. The maximum atomic E-state index is 12.9. The lowest BCUT2D eigenvalue weighted by atomic mass is 9.90. The second-order valence-electron chi connectivity index (χ2n) is 22.6. The molecule has 20 nitrogen and oxygen atoms in total. The van der Waals surface area contributed by atoms with Gasteiger partial charge < -0.3 is 40.1 Å². The number of benzene rings is 6. The average molecular weight is 1440 g/mol. The van der Waals surface area contributed by atoms with Crippen molar-refractivity contribution in [3.63, 3.8) is 0 Å². The minimum Gasteiger partial charge on any atom is -0.478 e. The Hall–Kier alpha value is -9.72. The van der Waals surface area contributed by atoms with Crippen LogP contribution in [0.25, 0.3) is 0 Å². The summed E-state index contributed by atoms with van der Waals surface area (Å²) in [6.07, 6.45) is 4.87. The normalized spacial score (nSPS) is 11.6. The minimum absolute atomic E-state index is 0.0985. The molecule has 8 rings (SSSR count). The molecule has 2 aliphatic rings. The van der Waals surface area contributed by atoms with Crippen molar-refractivity contribution >= 4 is 66.7 Å². The number of alkyl halides is 3. The summed E-state index contributed by atoms with van der Waals surface area (Å²) >= 11 is 0. The van der Waals surface area contributed by atoms with Gasteiger partial charge in [-0.1, -0.05) is 0 Å². The standard InChI is InChI=1S/C22H30NO2.C19H21FO2.C13H11FN2O3.C7H5FO2.C6H8N2O2.C5H12NO3P.3CH3F/c1-14-15(2)17(4)21(18(5)16(14)3)13-25-22(24)19-9-11-20(12-10-19)23(6,7)8;1-11-12(2)14(4)18(15(5)13(11)3)10-22-19(21)16-6-8-17(20)9-7-16;14-10-3-1-9(2-4-10)13(19)15-7-8-16-11(17)5-6-12(16)18;8-6-3-1-5(2-4-6)7(9)10;7-3-4-8-5(9)1-2-6(8)10;1-3-8-10(7,5-6)9-4-2;3*1-2/h9-12H,13H2,1-8H3;6-9H,10H2,1-5H3;1-6H,7-8H2,(H,15,19);1-4H,(H,9,10);1-2H,3-4,7H2;5-6H,3-4H2,1-2H3;3*1H3/q+1;;;;;;;;/i;20-1;14-1;8-1;;;3*2-1. The Kier molecular flexibility index (Phi) is 42.2. The van der Waals surface area contributed by atoms with E-state index in [1.165, 1.54) is 129 Å². The molecule has 0 fully saturated rings. The predicted octanol–water partition coefficient (Wildman–Crippen LogP) is 14.0. The number of quaternary nitrogens is 1. The Labute approximate surface area is 594 Å². The Bertz CT molecular complexity index is 3780. The van der Waals surface area contributed by atoms with E-state index in [1.807, 2.05) is 24.3 Å². The number of halogens is 6. The second-order valence-corrected chi connectivity index (χ2v) is 24.5. The van der Waals surface area contributed by atoms with Gasteiger partial charge in [-0.05, 0) is 247 Å². The maximum Gasteiger partial charge on any atom is 0.371 e. The van der Waals surface area contributed by atoms with Crippen molar-refractivity contribution in [2.75, 3.05) is 82.1 Å². The number of esters is 2. The molecule has 2 heterocycles. The van der Waals surface area contributed by atoms with Crippen molar-refractivity contribution in [3.8, 4) is 0 Å². The van der Waals surface area contributed by atoms with Crippen molar-refractivity contribution in [2.24, 2.45) is 5.73 Å². The first-order chi connectivity index (χ1) is 48.1. The lowest BCUT2D eigenvalue weighted by Crippen LogP contribution is -2.38. The third-order valence-electron chi connectivity index (χ3n) is 15.7. The van der Waals surface area contributed by atoms with Gasteiger partial charge in [0, 0.05) is 56.0 Å². The van der Waals surface area contributed by atoms with Gasteiger partial charge in [0.25, 0.3) is 29.5 Å². The summed E-state index contributed by atoms with van der Waals surface area (Å²) in [4.78, 5) is 92.4. The molecule has 2 aliphatic heterocycles. The van der Waals surface area contributed by atoms with E-state index in [4.69, 9.17) is 34.8 Å². The number of nitrogens with one attached hydrogen (secondary N) is 2. The number of carboxylic acid groups (broad SMARTS) is 1. The van der Waals surface area contributed by atoms with Crippen LogP contribution in [-0.4, -0.2) is 150 Å². The SMILES string of the molecule is CCOP(=O)(C=N)OCC.C[18F].C[18F].C[18F].Cc1c(C)c(C)c(COC(=O)c2ccc([18F])cc2)c(C)c1C.Cc1c(C)c(C)c(COC(=O)c2ccc([N+](C)(C)C)cc2)c(C)c1C.NCCN1C(=O)C=CC1=O.O=C(NCCN1C(=O)C=CC1=O)c1ccc([18F])cc1.O=C(O)c1ccc([18F])cc1. The van der Waals surface area contributed by atoms with Gasteiger partial charge in [-0.25, -0.2) is 27.6 Å². The number of hydrogen-bond acceptors (Lipinski definition) is 15. The molecule has 5 N–H and O–H groups in total. The molecule has 0 saturated carbocycles. The molecule has 0 unspecified atom stereocenters. The van der Waals surface area contributed by atoms with Crippen LogP contribution in [0.4, 0.5) is 32.0 Å². The lowest BCUT2D eigenvalue weighted by molar-refractivity contribution is -0.138. The number of hydrogen-bond donors (Lipinski definition) is 4. The van der Waals surface area contributed by atoms with Gasteiger partial charge in [0.1, 0.15) is 42.3 Å². The molecule has 556 valence electrons. The highest BCUT2D eigenvalue weighted by Gasteiger charge is 2.25. The number of rotatable bonds is 19. The number of ether oxygens (including phenoxy) is 2. The quantitative estimate of drug-likeness (QED) is 0.0146. The number of imide groups is 2. The molecular weight excluding hydrogens is 1350 g/mol. The third-order valence-corrected chi connectivity index (χ3v) is 17.3. The molecule has 27 heteroatoms. The van der Waals surface area contributed by atoms with Gasteiger partial charge in [-0.2, -0.15) is 0 Å². The minimum atomic E-state index is -3.16. The molecule has 0 aromatic heterocycles. The van der Waals surface area contributed by atoms with E-state index in [0.717, 1.165) is 60.3 Å². The van der Waals surface area contributed by atoms with E-state index in [2.05, 4.69) is 95.7 Å². The molecule has 0 atom stereocenters. The summed E-state index contributed by atoms with van der Waals surface area (Å²) in [6.45, 7) is 26.4. The number of carbonyl (C=O) groups is 8. The van der Waals surface area contributed by atoms with Gasteiger partial charge in [0.05, 0.1) is 72.6 Å². The van der Waals surface area contributed by atoms with Gasteiger partial charge in [-0.15, -0.1) is 0 Å². The van der Waals surface area contributed by atoms with Crippen molar-refractivity contribution in [3.05, 3.63) is 228 Å². The fourth-order valence-corrected chi connectivity index (χ4v) is 10.1. The van der Waals surface area contributed by atoms with Crippen LogP contribution in [0.2, 0.25) is 0 Å². The Morgan fingerprint density at radius 1 is 0.490 bits per heavy atom. The lowest BCUT2D eigenvalue weighted by Gasteiger charge is -2.23. The zero-order valence-corrected chi connectivity index (χ0v) is 62.1. The Balaban J connectivity index is 0.00000122. The zero-order chi connectivity index (χ0) is 78.4. The predicted molar refractivity (Wildman–Crippen MR) is 385 cm³/mol. The maximum absolute atomic E-state index is 12.9. The second kappa shape index (κ2) is 46.7. The van der Waals surface area contributed by atoms with Crippen LogP contribution in [0.3, 0.4) is 0 Å². The number of nitrogens with two attached hydrogens (primary N) is 1. The molecule has 102 heavy (non-hydrogen) atoms. The van der Waals surface area contributed by atoms with E-state index in [0.29, 0.717) is 71.1 Å². The van der Waals surface area contributed by atoms with Crippen molar-refractivity contribution in [1.29, 1.82) is 5.41 Å². The summed E-state index contributed by atoms with van der Waals surface area (Å²) < 4.78 is 98.5. The van der Waals surface area contributed by atoms with Gasteiger partial charge in [0.2, 0.25) is 0 Å². The van der Waals surface area contributed by atoms with Gasteiger partial charge >= 0.3 is 25.5 Å². The topological polar surface area (TPSA) is 279 Å². The average Bonchev–Trinajstić information content (AvgIpc) is 0.920. The van der Waals surface area contributed by atoms with Crippen molar-refractivity contribution in [2.45, 2.75) is 96.3 Å². The van der Waals surface area contributed by atoms with Crippen LogP contribution in [-0.2, 0) is 55.5 Å². The summed E-state index contributed by atoms with van der Waals surface area (Å²) in [5.41, 5.74) is 22.2. The van der Waals surface area contributed by atoms with Crippen LogP contribution in [0.5, 0.6) is 0 Å². The molecule has 0 radical (unpaired) electrons. The number of amides is 5. The fraction of sp³-hybridized carbons (Fsp3) is 0.347. The van der Waals surface area contributed by atoms with Crippen LogP contribution < -0.4 is 15.5 Å². The summed E-state index contributed by atoms with van der Waals surface area (Å²) in [5, 5.41) is 17.6. The van der Waals surface area contributed by atoms with Crippen LogP contribution in [0, 0.1) is 92.1 Å². The molecule has 5 amide bonds.